The summed E-state index contributed by atoms with van der Waals surface area (Å²) in [5.41, 5.74) is 2.83. The maximum absolute atomic E-state index is 11.6. The molecular weight excluding hydrogens is 254 g/mol. The first-order valence-corrected chi connectivity index (χ1v) is 6.83. The predicted molar refractivity (Wildman–Crippen MR) is 71.1 cm³/mol. The first-order chi connectivity index (χ1) is 8.24. The van der Waals surface area contributed by atoms with Crippen LogP contribution in [0.15, 0.2) is 35.1 Å². The topological polar surface area (TPSA) is 22.0 Å². The van der Waals surface area contributed by atoms with Crippen LogP contribution in [0.4, 0.5) is 0 Å². The average Bonchev–Trinajstić information content (AvgIpc) is 2.85. The van der Waals surface area contributed by atoms with Crippen molar-refractivity contribution in [2.24, 2.45) is 0 Å². The number of halogens is 1. The Morgan fingerprint density at radius 2 is 2.24 bits per heavy atom. The highest BCUT2D eigenvalue weighted by atomic mass is 35.5. The lowest BCUT2D eigenvalue weighted by Gasteiger charge is -2.10. The number of aromatic nitrogens is 1. The first kappa shape index (κ1) is 11.1. The second-order valence-corrected chi connectivity index (χ2v) is 6.07. The zero-order valence-electron chi connectivity index (χ0n) is 9.23. The molecule has 2 nitrogen and oxygen atoms in total. The molecule has 1 aliphatic carbocycles. The van der Waals surface area contributed by atoms with E-state index in [9.17, 15) is 4.79 Å². The van der Waals surface area contributed by atoms with E-state index in [2.05, 4.69) is 24.3 Å². The number of rotatable bonds is 2. The lowest BCUT2D eigenvalue weighted by molar-refractivity contribution is 0.574. The molecule has 88 valence electrons. The molecule has 0 spiro atoms. The van der Waals surface area contributed by atoms with Gasteiger partial charge in [-0.05, 0) is 35.5 Å². The van der Waals surface area contributed by atoms with E-state index in [0.29, 0.717) is 10.3 Å². The number of hydrogen-bond donors (Lipinski definition) is 0. The number of benzene rings is 1. The van der Waals surface area contributed by atoms with E-state index in [1.54, 1.807) is 3.96 Å². The molecule has 4 heteroatoms. The summed E-state index contributed by atoms with van der Waals surface area (Å²) in [6, 6.07) is 10.00. The van der Waals surface area contributed by atoms with E-state index in [0.717, 1.165) is 19.4 Å². The standard InChI is InChI=1S/C13H12ClNOS/c14-12-7-13(16)15(17-12)8-10-6-5-9-3-1-2-4-11(9)10/h1-4,7,10H,5-6,8H2. The van der Waals surface area contributed by atoms with Gasteiger partial charge < -0.3 is 0 Å². The molecule has 0 fully saturated rings. The third kappa shape index (κ3) is 2.05. The lowest BCUT2D eigenvalue weighted by Crippen LogP contribution is -2.15. The van der Waals surface area contributed by atoms with E-state index in [4.69, 9.17) is 11.6 Å². The summed E-state index contributed by atoms with van der Waals surface area (Å²) >= 11 is 7.19. The highest BCUT2D eigenvalue weighted by Gasteiger charge is 2.22. The van der Waals surface area contributed by atoms with Gasteiger partial charge in [-0.1, -0.05) is 35.9 Å². The fourth-order valence-electron chi connectivity index (χ4n) is 2.51. The molecule has 17 heavy (non-hydrogen) atoms. The van der Waals surface area contributed by atoms with Gasteiger partial charge in [0.25, 0.3) is 5.56 Å². The van der Waals surface area contributed by atoms with Crippen molar-refractivity contribution in [2.45, 2.75) is 25.3 Å². The summed E-state index contributed by atoms with van der Waals surface area (Å²) in [6.45, 7) is 0.757. The van der Waals surface area contributed by atoms with E-state index in [1.807, 2.05) is 0 Å². The van der Waals surface area contributed by atoms with Gasteiger partial charge in [-0.2, -0.15) is 0 Å². The monoisotopic (exact) mass is 265 g/mol. The van der Waals surface area contributed by atoms with Crippen LogP contribution in [0.2, 0.25) is 4.34 Å². The second-order valence-electron chi connectivity index (χ2n) is 4.37. The van der Waals surface area contributed by atoms with E-state index in [-0.39, 0.29) is 5.56 Å². The maximum atomic E-state index is 11.6. The number of aryl methyl sites for hydroxylation is 1. The van der Waals surface area contributed by atoms with Crippen molar-refractivity contribution < 1.29 is 0 Å². The molecule has 1 aromatic heterocycles. The average molecular weight is 266 g/mol. The number of nitrogens with zero attached hydrogens (tertiary/aromatic N) is 1. The van der Waals surface area contributed by atoms with Gasteiger partial charge in [0.2, 0.25) is 0 Å². The molecule has 1 atom stereocenters. The van der Waals surface area contributed by atoms with Crippen molar-refractivity contribution in [1.82, 2.24) is 3.96 Å². The molecule has 1 aromatic carbocycles. The molecule has 2 aromatic rings. The molecule has 1 aliphatic rings. The molecule has 0 aliphatic heterocycles. The summed E-state index contributed by atoms with van der Waals surface area (Å²) < 4.78 is 2.33. The van der Waals surface area contributed by atoms with Crippen LogP contribution >= 0.6 is 23.1 Å². The van der Waals surface area contributed by atoms with Crippen molar-refractivity contribution in [3.05, 3.63) is 56.1 Å². The van der Waals surface area contributed by atoms with Crippen LogP contribution in [-0.2, 0) is 13.0 Å². The molecule has 0 saturated heterocycles. The molecule has 0 saturated carbocycles. The Balaban J connectivity index is 1.89. The van der Waals surface area contributed by atoms with Gasteiger partial charge in [0.05, 0.1) is 0 Å². The van der Waals surface area contributed by atoms with Crippen molar-refractivity contribution >= 4 is 23.1 Å². The Hall–Kier alpha value is -1.06. The highest BCUT2D eigenvalue weighted by molar-refractivity contribution is 7.11. The fourth-order valence-corrected chi connectivity index (χ4v) is 3.61. The van der Waals surface area contributed by atoms with Crippen molar-refractivity contribution in [1.29, 1.82) is 0 Å². The van der Waals surface area contributed by atoms with Gasteiger partial charge in [-0.25, -0.2) is 0 Å². The maximum Gasteiger partial charge on any atom is 0.262 e. The first-order valence-electron chi connectivity index (χ1n) is 5.68. The molecule has 1 heterocycles. The minimum absolute atomic E-state index is 0.0179. The quantitative estimate of drug-likeness (QED) is 0.817. The summed E-state index contributed by atoms with van der Waals surface area (Å²) in [4.78, 5) is 11.6. The zero-order valence-corrected chi connectivity index (χ0v) is 10.8. The van der Waals surface area contributed by atoms with Gasteiger partial charge in [0.1, 0.15) is 4.34 Å². The normalized spacial score (nSPS) is 18.3. The summed E-state index contributed by atoms with van der Waals surface area (Å²) in [5.74, 6) is 0.457. The second kappa shape index (κ2) is 4.31. The van der Waals surface area contributed by atoms with Crippen LogP contribution < -0.4 is 5.56 Å². The number of fused-ring (bicyclic) bond motifs is 1. The van der Waals surface area contributed by atoms with E-state index >= 15 is 0 Å². The molecule has 0 radical (unpaired) electrons. The minimum Gasteiger partial charge on any atom is -0.268 e. The van der Waals surface area contributed by atoms with Gasteiger partial charge in [0, 0.05) is 18.5 Å². The predicted octanol–water partition coefficient (Wildman–Crippen LogP) is 3.29. The Labute approximate surface area is 109 Å². The third-order valence-corrected chi connectivity index (χ3v) is 4.48. The molecule has 1 unspecified atom stereocenters. The molecule has 0 amide bonds. The van der Waals surface area contributed by atoms with Gasteiger partial charge in [-0.15, -0.1) is 0 Å². The van der Waals surface area contributed by atoms with E-state index < -0.39 is 0 Å². The van der Waals surface area contributed by atoms with Crippen molar-refractivity contribution in [3.8, 4) is 0 Å². The Morgan fingerprint density at radius 1 is 1.41 bits per heavy atom. The van der Waals surface area contributed by atoms with Crippen molar-refractivity contribution in [3.63, 3.8) is 0 Å². The lowest BCUT2D eigenvalue weighted by atomic mass is 10.0. The molecular formula is C13H12ClNOS. The third-order valence-electron chi connectivity index (χ3n) is 3.32. The Kier molecular flexibility index (Phi) is 2.81. The minimum atomic E-state index is 0.0179. The van der Waals surface area contributed by atoms with Crippen LogP contribution in [0, 0.1) is 0 Å². The molecule has 3 rings (SSSR count). The smallest absolute Gasteiger partial charge is 0.262 e. The Bertz CT molecular complexity index is 601. The summed E-state index contributed by atoms with van der Waals surface area (Å²) in [5, 5.41) is 0. The van der Waals surface area contributed by atoms with Crippen molar-refractivity contribution in [2.75, 3.05) is 0 Å². The number of hydrogen-bond acceptors (Lipinski definition) is 2. The zero-order chi connectivity index (χ0) is 11.8. The summed E-state index contributed by atoms with van der Waals surface area (Å²) in [6.07, 6.45) is 2.25. The van der Waals surface area contributed by atoms with Crippen LogP contribution in [0.1, 0.15) is 23.5 Å². The molecule has 0 bridgehead atoms. The van der Waals surface area contributed by atoms with Crippen LogP contribution in [0.5, 0.6) is 0 Å². The van der Waals surface area contributed by atoms with Gasteiger partial charge >= 0.3 is 0 Å². The largest absolute Gasteiger partial charge is 0.268 e. The van der Waals surface area contributed by atoms with Crippen LogP contribution in [0.3, 0.4) is 0 Å². The van der Waals surface area contributed by atoms with Gasteiger partial charge in [-0.3, -0.25) is 8.75 Å². The SMILES string of the molecule is O=c1cc(Cl)sn1CC1CCc2ccccc21. The van der Waals surface area contributed by atoms with Crippen LogP contribution in [0.25, 0.3) is 0 Å². The molecule has 0 N–H and O–H groups in total. The van der Waals surface area contributed by atoms with E-state index in [1.165, 1.54) is 28.7 Å². The fraction of sp³-hybridized carbons (Fsp3) is 0.308. The van der Waals surface area contributed by atoms with Gasteiger partial charge in [0.15, 0.2) is 0 Å². The summed E-state index contributed by atoms with van der Waals surface area (Å²) in [7, 11) is 0. The van der Waals surface area contributed by atoms with Crippen LogP contribution in [-0.4, -0.2) is 3.96 Å². The Morgan fingerprint density at radius 3 is 3.00 bits per heavy atom. The highest BCUT2D eigenvalue weighted by Crippen LogP contribution is 2.34.